The summed E-state index contributed by atoms with van der Waals surface area (Å²) < 4.78 is 5.54. The zero-order chi connectivity index (χ0) is 20.1. The van der Waals surface area contributed by atoms with E-state index in [0.717, 1.165) is 6.42 Å². The number of hydrogen-bond acceptors (Lipinski definition) is 8. The normalized spacial score (nSPS) is 13.2. The first-order chi connectivity index (χ1) is 13.1. The smallest absolute Gasteiger partial charge is 0.273 e. The summed E-state index contributed by atoms with van der Waals surface area (Å²) in [6.45, 7) is 4.01. The van der Waals surface area contributed by atoms with Crippen LogP contribution in [0.1, 0.15) is 31.4 Å². The number of benzene rings is 1. The van der Waals surface area contributed by atoms with Gasteiger partial charge in [-0.25, -0.2) is 0 Å². The average Bonchev–Trinajstić information content (AvgIpc) is 2.69. The summed E-state index contributed by atoms with van der Waals surface area (Å²) >= 11 is 0. The molecule has 0 aliphatic rings. The average molecular weight is 378 g/mol. The van der Waals surface area contributed by atoms with Gasteiger partial charge in [-0.1, -0.05) is 41.5 Å². The minimum absolute atomic E-state index is 0.0357. The van der Waals surface area contributed by atoms with E-state index in [1.807, 2.05) is 19.9 Å². The van der Waals surface area contributed by atoms with Crippen molar-refractivity contribution in [2.75, 3.05) is 21.3 Å². The van der Waals surface area contributed by atoms with Crippen LogP contribution in [0, 0.1) is 0 Å². The lowest BCUT2D eigenvalue weighted by Gasteiger charge is -2.11. The van der Waals surface area contributed by atoms with E-state index >= 15 is 0 Å². The highest BCUT2D eigenvalue weighted by Crippen LogP contribution is 2.12. The van der Waals surface area contributed by atoms with E-state index in [1.165, 1.54) is 27.5 Å². The number of oxime groups is 3. The van der Waals surface area contributed by atoms with Crippen LogP contribution in [0.5, 0.6) is 0 Å². The molecule has 1 unspecified atom stereocenters. The van der Waals surface area contributed by atoms with Crippen LogP contribution in [-0.4, -0.2) is 51.1 Å². The van der Waals surface area contributed by atoms with Gasteiger partial charge >= 0.3 is 0 Å². The van der Waals surface area contributed by atoms with Crippen LogP contribution in [0.3, 0.4) is 0 Å². The topological polar surface area (TPSA) is 103 Å². The fourth-order valence-corrected chi connectivity index (χ4v) is 1.94. The molecule has 0 fully saturated rings. The number of likely N-dealkylation sites (N-methyl/N-ethyl adjacent to an activating group) is 1. The molecule has 0 saturated heterocycles. The second kappa shape index (κ2) is 12.3. The molecule has 1 aromatic carbocycles. The largest absolute Gasteiger partial charge is 0.471 e. The molecule has 1 rings (SSSR count). The summed E-state index contributed by atoms with van der Waals surface area (Å²) in [5.74, 6) is -0.170. The minimum Gasteiger partial charge on any atom is -0.471 e. The molecule has 9 nitrogen and oxygen atoms in total. The van der Waals surface area contributed by atoms with Crippen LogP contribution in [0.15, 0.2) is 39.7 Å². The van der Waals surface area contributed by atoms with Gasteiger partial charge in [0, 0.05) is 18.2 Å². The van der Waals surface area contributed by atoms with Crippen LogP contribution >= 0.6 is 0 Å². The molecule has 1 N–H and O–H groups in total. The van der Waals surface area contributed by atoms with Crippen molar-refractivity contribution in [2.45, 2.75) is 33.0 Å². The van der Waals surface area contributed by atoms with Crippen molar-refractivity contribution < 1.29 is 24.0 Å². The van der Waals surface area contributed by atoms with Crippen molar-refractivity contribution in [1.29, 1.82) is 0 Å². The predicted octanol–water partition coefficient (Wildman–Crippen LogP) is 2.06. The maximum absolute atomic E-state index is 12.0. The lowest BCUT2D eigenvalue weighted by Crippen LogP contribution is -2.29. The number of hydrogen-bond donors (Lipinski definition) is 1. The van der Waals surface area contributed by atoms with Gasteiger partial charge < -0.3 is 24.6 Å². The Morgan fingerprint density at radius 1 is 1.22 bits per heavy atom. The molecule has 0 radical (unpaired) electrons. The van der Waals surface area contributed by atoms with Crippen molar-refractivity contribution in [3.05, 3.63) is 35.4 Å². The Morgan fingerprint density at radius 2 is 1.93 bits per heavy atom. The van der Waals surface area contributed by atoms with E-state index in [9.17, 15) is 4.79 Å². The molecule has 0 saturated carbocycles. The Morgan fingerprint density at radius 3 is 2.56 bits per heavy atom. The Hall–Kier alpha value is -3.10. The minimum atomic E-state index is -0.371. The molecule has 1 atom stereocenters. The van der Waals surface area contributed by atoms with Crippen molar-refractivity contribution >= 4 is 23.7 Å². The third kappa shape index (κ3) is 7.35. The maximum atomic E-state index is 12.0. The Labute approximate surface area is 159 Å². The SMILES string of the molecule is CCC(C)OC(/C=N/OCc1ccccc1/C(=N/OC)C(=O)NC)=N/OC. The third-order valence-electron chi connectivity index (χ3n) is 3.43. The molecule has 0 aromatic heterocycles. The molecule has 1 aromatic rings. The van der Waals surface area contributed by atoms with E-state index in [4.69, 9.17) is 19.2 Å². The van der Waals surface area contributed by atoms with Crippen molar-refractivity contribution in [3.8, 4) is 0 Å². The van der Waals surface area contributed by atoms with Crippen molar-refractivity contribution in [1.82, 2.24) is 5.32 Å². The molecule has 0 spiro atoms. The second-order valence-corrected chi connectivity index (χ2v) is 5.32. The molecule has 1 amide bonds. The molecule has 0 bridgehead atoms. The van der Waals surface area contributed by atoms with Crippen LogP contribution in [0.2, 0.25) is 0 Å². The van der Waals surface area contributed by atoms with Gasteiger partial charge in [0.15, 0.2) is 5.71 Å². The molecule has 27 heavy (non-hydrogen) atoms. The first kappa shape index (κ1) is 21.9. The molecular formula is C18H26N4O5. The van der Waals surface area contributed by atoms with Gasteiger partial charge in [-0.05, 0) is 18.5 Å². The molecule has 0 heterocycles. The monoisotopic (exact) mass is 378 g/mol. The van der Waals surface area contributed by atoms with Crippen LogP contribution < -0.4 is 5.32 Å². The highest BCUT2D eigenvalue weighted by atomic mass is 16.6. The van der Waals surface area contributed by atoms with E-state index in [0.29, 0.717) is 11.1 Å². The Bertz CT molecular complexity index is 688. The van der Waals surface area contributed by atoms with E-state index in [2.05, 4.69) is 20.8 Å². The second-order valence-electron chi connectivity index (χ2n) is 5.32. The molecular weight excluding hydrogens is 352 g/mol. The van der Waals surface area contributed by atoms with Crippen LogP contribution in [0.4, 0.5) is 0 Å². The van der Waals surface area contributed by atoms with Gasteiger partial charge in [-0.3, -0.25) is 4.79 Å². The Balaban J connectivity index is 2.87. The lowest BCUT2D eigenvalue weighted by molar-refractivity contribution is -0.114. The number of ether oxygens (including phenoxy) is 1. The zero-order valence-corrected chi connectivity index (χ0v) is 16.3. The van der Waals surface area contributed by atoms with Crippen molar-refractivity contribution in [3.63, 3.8) is 0 Å². The van der Waals surface area contributed by atoms with Crippen molar-refractivity contribution in [2.24, 2.45) is 15.5 Å². The standard InChI is InChI=1S/C18H26N4O5/c1-6-13(2)27-16(21-24-4)11-20-26-12-14-9-7-8-10-15(14)17(22-25-5)18(23)19-3/h7-11,13H,6,12H2,1-5H3,(H,19,23)/b20-11+,21-16+,22-17-. The number of carbonyl (C=O) groups excluding carboxylic acids is 1. The van der Waals surface area contributed by atoms with E-state index in [-0.39, 0.29) is 30.2 Å². The lowest BCUT2D eigenvalue weighted by atomic mass is 10.0. The van der Waals surface area contributed by atoms with Gasteiger partial charge in [-0.15, -0.1) is 0 Å². The van der Waals surface area contributed by atoms with Gasteiger partial charge in [-0.2, -0.15) is 0 Å². The van der Waals surface area contributed by atoms with Crippen LogP contribution in [0.25, 0.3) is 0 Å². The van der Waals surface area contributed by atoms with Crippen LogP contribution in [-0.2, 0) is 30.7 Å². The summed E-state index contributed by atoms with van der Waals surface area (Å²) in [5.41, 5.74) is 1.43. The molecule has 0 aliphatic carbocycles. The van der Waals surface area contributed by atoms with Gasteiger partial charge in [0.1, 0.15) is 27.0 Å². The summed E-state index contributed by atoms with van der Waals surface area (Å²) in [6.07, 6.45) is 2.10. The summed E-state index contributed by atoms with van der Waals surface area (Å²) in [7, 11) is 4.31. The number of nitrogens with zero attached hydrogens (tertiary/aromatic N) is 3. The number of carbonyl (C=O) groups is 1. The first-order valence-electron chi connectivity index (χ1n) is 8.41. The quantitative estimate of drug-likeness (QED) is 0.381. The summed E-state index contributed by atoms with van der Waals surface area (Å²) in [5, 5.41) is 13.9. The third-order valence-corrected chi connectivity index (χ3v) is 3.43. The van der Waals surface area contributed by atoms with E-state index < -0.39 is 0 Å². The Kier molecular flexibility index (Phi) is 9.98. The highest BCUT2D eigenvalue weighted by molar-refractivity contribution is 6.45. The predicted molar refractivity (Wildman–Crippen MR) is 103 cm³/mol. The number of amides is 1. The number of nitrogens with one attached hydrogen (secondary N) is 1. The molecule has 148 valence electrons. The van der Waals surface area contributed by atoms with E-state index in [1.54, 1.807) is 18.2 Å². The maximum Gasteiger partial charge on any atom is 0.273 e. The fourth-order valence-electron chi connectivity index (χ4n) is 1.94. The fraction of sp³-hybridized carbons (Fsp3) is 0.444. The molecule has 9 heteroatoms. The number of rotatable bonds is 10. The van der Waals surface area contributed by atoms with Gasteiger partial charge in [0.05, 0.1) is 6.10 Å². The summed E-state index contributed by atoms with van der Waals surface area (Å²) in [6, 6.07) is 7.17. The first-order valence-corrected chi connectivity index (χ1v) is 8.41. The summed E-state index contributed by atoms with van der Waals surface area (Å²) in [4.78, 5) is 26.9. The van der Waals surface area contributed by atoms with Gasteiger partial charge in [0.2, 0.25) is 0 Å². The van der Waals surface area contributed by atoms with Gasteiger partial charge in [0.25, 0.3) is 11.8 Å². The molecule has 0 aliphatic heterocycles. The zero-order valence-electron chi connectivity index (χ0n) is 16.3. The highest BCUT2D eigenvalue weighted by Gasteiger charge is 2.17.